The Kier molecular flexibility index (Phi) is 2.64. The van der Waals surface area contributed by atoms with Gasteiger partial charge in [-0.05, 0) is 25.1 Å². The Morgan fingerprint density at radius 1 is 1.22 bits per heavy atom. The van der Waals surface area contributed by atoms with E-state index in [1.165, 1.54) is 0 Å². The summed E-state index contributed by atoms with van der Waals surface area (Å²) in [7, 11) is 0. The summed E-state index contributed by atoms with van der Waals surface area (Å²) in [5.74, 6) is 0.756. The van der Waals surface area contributed by atoms with Gasteiger partial charge in [0, 0.05) is 6.20 Å². The van der Waals surface area contributed by atoms with Gasteiger partial charge in [-0.25, -0.2) is 4.98 Å². The monoisotopic (exact) mass is 258 g/mol. The van der Waals surface area contributed by atoms with E-state index in [4.69, 9.17) is 11.6 Å². The minimum Gasteiger partial charge on any atom is -0.338 e. The Labute approximate surface area is 109 Å². The lowest BCUT2D eigenvalue weighted by molar-refractivity contribution is 1.07. The van der Waals surface area contributed by atoms with Crippen LogP contribution in [0.2, 0.25) is 5.02 Å². The van der Waals surface area contributed by atoms with Crippen LogP contribution < -0.4 is 5.32 Å². The summed E-state index contributed by atoms with van der Waals surface area (Å²) in [4.78, 5) is 4.35. The lowest BCUT2D eigenvalue weighted by Gasteiger charge is -2.08. The highest BCUT2D eigenvalue weighted by molar-refractivity contribution is 6.33. The lowest BCUT2D eigenvalue weighted by atomic mass is 10.2. The molecule has 0 amide bonds. The number of para-hydroxylation sites is 1. The van der Waals surface area contributed by atoms with E-state index in [0.717, 1.165) is 28.1 Å². The van der Waals surface area contributed by atoms with E-state index in [2.05, 4.69) is 20.5 Å². The molecule has 2 heterocycles. The van der Waals surface area contributed by atoms with Gasteiger partial charge in [-0.1, -0.05) is 23.7 Å². The Balaban J connectivity index is 2.10. The highest BCUT2D eigenvalue weighted by Gasteiger charge is 2.09. The molecule has 0 aliphatic rings. The predicted octanol–water partition coefficient (Wildman–Crippen LogP) is 3.66. The second-order valence-electron chi connectivity index (χ2n) is 4.00. The third kappa shape index (κ3) is 1.80. The van der Waals surface area contributed by atoms with Crippen molar-refractivity contribution in [3.8, 4) is 0 Å². The van der Waals surface area contributed by atoms with Gasteiger partial charge in [0.2, 0.25) is 0 Å². The van der Waals surface area contributed by atoms with E-state index < -0.39 is 0 Å². The molecule has 3 rings (SSSR count). The molecule has 0 aliphatic heterocycles. The van der Waals surface area contributed by atoms with Crippen LogP contribution in [0.5, 0.6) is 0 Å². The van der Waals surface area contributed by atoms with Crippen molar-refractivity contribution >= 4 is 34.0 Å². The summed E-state index contributed by atoms with van der Waals surface area (Å²) < 4.78 is 0. The maximum absolute atomic E-state index is 6.13. The molecular formula is C13H11ClN4. The van der Waals surface area contributed by atoms with E-state index in [1.807, 2.05) is 37.3 Å². The first-order valence-electron chi connectivity index (χ1n) is 5.57. The van der Waals surface area contributed by atoms with Crippen LogP contribution in [0.1, 0.15) is 5.69 Å². The molecule has 0 saturated heterocycles. The summed E-state index contributed by atoms with van der Waals surface area (Å²) in [6, 6.07) is 9.47. The van der Waals surface area contributed by atoms with Gasteiger partial charge < -0.3 is 5.32 Å². The molecular weight excluding hydrogens is 248 g/mol. The molecule has 0 saturated carbocycles. The highest BCUT2D eigenvalue weighted by atomic mass is 35.5. The number of fused-ring (bicyclic) bond motifs is 1. The topological polar surface area (TPSA) is 53.6 Å². The number of aryl methyl sites for hydroxylation is 1. The zero-order chi connectivity index (χ0) is 12.5. The van der Waals surface area contributed by atoms with Crippen molar-refractivity contribution < 1.29 is 0 Å². The second kappa shape index (κ2) is 4.31. The van der Waals surface area contributed by atoms with Crippen LogP contribution in [-0.2, 0) is 0 Å². The van der Waals surface area contributed by atoms with Gasteiger partial charge in [0.1, 0.15) is 5.82 Å². The van der Waals surface area contributed by atoms with Crippen LogP contribution in [0, 0.1) is 6.92 Å². The second-order valence-corrected chi connectivity index (χ2v) is 4.40. The first-order chi connectivity index (χ1) is 8.75. The van der Waals surface area contributed by atoms with Gasteiger partial charge in [-0.2, -0.15) is 5.10 Å². The Hall–Kier alpha value is -2.07. The minimum absolute atomic E-state index is 0.664. The molecule has 3 aromatic rings. The van der Waals surface area contributed by atoms with Crippen molar-refractivity contribution in [1.82, 2.24) is 15.2 Å². The highest BCUT2D eigenvalue weighted by Crippen LogP contribution is 2.28. The molecule has 2 N–H and O–H groups in total. The summed E-state index contributed by atoms with van der Waals surface area (Å²) in [5.41, 5.74) is 2.70. The number of benzene rings is 1. The van der Waals surface area contributed by atoms with Gasteiger partial charge in [0.15, 0.2) is 0 Å². The summed E-state index contributed by atoms with van der Waals surface area (Å²) >= 11 is 6.13. The van der Waals surface area contributed by atoms with Crippen molar-refractivity contribution in [2.75, 3.05) is 5.32 Å². The number of nitrogens with zero attached hydrogens (tertiary/aromatic N) is 2. The number of anilines is 2. The Bertz CT molecular complexity index is 705. The molecule has 5 heteroatoms. The van der Waals surface area contributed by atoms with Gasteiger partial charge in [-0.15, -0.1) is 0 Å². The van der Waals surface area contributed by atoms with Crippen molar-refractivity contribution in [3.63, 3.8) is 0 Å². The van der Waals surface area contributed by atoms with Gasteiger partial charge in [0.05, 0.1) is 27.3 Å². The van der Waals surface area contributed by atoms with Crippen LogP contribution in [0.4, 0.5) is 11.5 Å². The smallest absolute Gasteiger partial charge is 0.141 e. The maximum Gasteiger partial charge on any atom is 0.141 e. The number of hydrogen-bond donors (Lipinski definition) is 2. The SMILES string of the molecule is Cc1n[nH]c2ccnc(Nc3ccccc3Cl)c12. The zero-order valence-corrected chi connectivity index (χ0v) is 10.5. The molecule has 0 unspecified atom stereocenters. The van der Waals surface area contributed by atoms with Crippen LogP contribution in [0.25, 0.3) is 10.9 Å². The first kappa shape index (κ1) is 11.0. The van der Waals surface area contributed by atoms with E-state index in [1.54, 1.807) is 6.20 Å². The van der Waals surface area contributed by atoms with E-state index in [9.17, 15) is 0 Å². The third-order valence-electron chi connectivity index (χ3n) is 2.78. The summed E-state index contributed by atoms with van der Waals surface area (Å²) in [6.45, 7) is 1.94. The molecule has 2 aromatic heterocycles. The average Bonchev–Trinajstić information content (AvgIpc) is 2.75. The van der Waals surface area contributed by atoms with Crippen LogP contribution >= 0.6 is 11.6 Å². The molecule has 4 nitrogen and oxygen atoms in total. The third-order valence-corrected chi connectivity index (χ3v) is 3.11. The molecule has 0 spiro atoms. The summed E-state index contributed by atoms with van der Waals surface area (Å²) in [5, 5.41) is 12.0. The minimum atomic E-state index is 0.664. The fourth-order valence-corrected chi connectivity index (χ4v) is 2.09. The lowest BCUT2D eigenvalue weighted by Crippen LogP contribution is -1.95. The first-order valence-corrected chi connectivity index (χ1v) is 5.95. The Morgan fingerprint density at radius 3 is 2.89 bits per heavy atom. The molecule has 0 fully saturated rings. The van der Waals surface area contributed by atoms with E-state index in [-0.39, 0.29) is 0 Å². The van der Waals surface area contributed by atoms with Crippen LogP contribution in [-0.4, -0.2) is 15.2 Å². The van der Waals surface area contributed by atoms with Crippen molar-refractivity contribution in [2.45, 2.75) is 6.92 Å². The van der Waals surface area contributed by atoms with E-state index in [0.29, 0.717) is 5.02 Å². The number of nitrogens with one attached hydrogen (secondary N) is 2. The fourth-order valence-electron chi connectivity index (χ4n) is 1.91. The standard InChI is InChI=1S/C13H11ClN4/c1-8-12-11(18-17-8)6-7-15-13(12)16-10-5-3-2-4-9(10)14/h2-7H,1H3,(H,15,16)(H,17,18). The molecule has 0 radical (unpaired) electrons. The quantitative estimate of drug-likeness (QED) is 0.737. The number of aromatic amines is 1. The maximum atomic E-state index is 6.13. The normalized spacial score (nSPS) is 10.8. The number of rotatable bonds is 2. The van der Waals surface area contributed by atoms with Crippen molar-refractivity contribution in [3.05, 3.63) is 47.2 Å². The molecule has 90 valence electrons. The van der Waals surface area contributed by atoms with Crippen LogP contribution in [0.3, 0.4) is 0 Å². The molecule has 18 heavy (non-hydrogen) atoms. The molecule has 0 atom stereocenters. The van der Waals surface area contributed by atoms with E-state index >= 15 is 0 Å². The number of pyridine rings is 1. The van der Waals surface area contributed by atoms with Gasteiger partial charge in [0.25, 0.3) is 0 Å². The number of halogens is 1. The van der Waals surface area contributed by atoms with Crippen LogP contribution in [0.15, 0.2) is 36.5 Å². The number of hydrogen-bond acceptors (Lipinski definition) is 3. The summed E-state index contributed by atoms with van der Waals surface area (Å²) in [6.07, 6.45) is 1.74. The Morgan fingerprint density at radius 2 is 2.06 bits per heavy atom. The van der Waals surface area contributed by atoms with Gasteiger partial charge in [-0.3, -0.25) is 5.10 Å². The zero-order valence-electron chi connectivity index (χ0n) is 9.74. The average molecular weight is 259 g/mol. The predicted molar refractivity (Wildman–Crippen MR) is 73.4 cm³/mol. The fraction of sp³-hybridized carbons (Fsp3) is 0.0769. The van der Waals surface area contributed by atoms with Crippen molar-refractivity contribution in [2.24, 2.45) is 0 Å². The van der Waals surface area contributed by atoms with Crippen molar-refractivity contribution in [1.29, 1.82) is 0 Å². The molecule has 0 bridgehead atoms. The number of H-pyrrole nitrogens is 1. The molecule has 1 aromatic carbocycles. The number of aromatic nitrogens is 3. The largest absolute Gasteiger partial charge is 0.338 e. The van der Waals surface area contributed by atoms with Gasteiger partial charge >= 0.3 is 0 Å². The molecule has 0 aliphatic carbocycles.